The Labute approximate surface area is 210 Å². The van der Waals surface area contributed by atoms with Crippen molar-refractivity contribution in [3.05, 3.63) is 112 Å². The molecule has 0 fully saturated rings. The monoisotopic (exact) mass is 486 g/mol. The minimum Gasteiger partial charge on any atom is -0.506 e. The van der Waals surface area contributed by atoms with Crippen molar-refractivity contribution < 1.29 is 14.6 Å². The third-order valence-corrected chi connectivity index (χ3v) is 6.10. The van der Waals surface area contributed by atoms with Crippen molar-refractivity contribution >= 4 is 34.5 Å². The Hall–Kier alpha value is -3.67. The first-order valence-electron chi connectivity index (χ1n) is 11.4. The van der Waals surface area contributed by atoms with E-state index < -0.39 is 5.91 Å². The van der Waals surface area contributed by atoms with E-state index in [-0.39, 0.29) is 10.8 Å². The number of amides is 1. The summed E-state index contributed by atoms with van der Waals surface area (Å²) in [4.78, 5) is 12.3. The maximum absolute atomic E-state index is 12.3. The number of phenols is 1. The van der Waals surface area contributed by atoms with Gasteiger partial charge in [-0.3, -0.25) is 4.79 Å². The Balaban J connectivity index is 1.43. The highest BCUT2D eigenvalue weighted by Crippen LogP contribution is 2.24. The van der Waals surface area contributed by atoms with Crippen molar-refractivity contribution in [2.24, 2.45) is 5.10 Å². The van der Waals surface area contributed by atoms with Gasteiger partial charge in [0.25, 0.3) is 5.91 Å². The fourth-order valence-electron chi connectivity index (χ4n) is 3.77. The smallest absolute Gasteiger partial charge is 0.271 e. The maximum Gasteiger partial charge on any atom is 0.271 e. The number of hydrogen-bond donors (Lipinski definition) is 2. The van der Waals surface area contributed by atoms with Gasteiger partial charge >= 0.3 is 0 Å². The van der Waals surface area contributed by atoms with Crippen LogP contribution >= 0.6 is 11.6 Å². The quantitative estimate of drug-likeness (QED) is 0.212. The Morgan fingerprint density at radius 2 is 1.74 bits per heavy atom. The van der Waals surface area contributed by atoms with Gasteiger partial charge < -0.3 is 9.84 Å². The first-order chi connectivity index (χ1) is 16.9. The van der Waals surface area contributed by atoms with E-state index in [1.807, 2.05) is 30.3 Å². The van der Waals surface area contributed by atoms with Crippen molar-refractivity contribution in [3.63, 3.8) is 0 Å². The SMILES string of the molecule is CC(C)c1ccc(COCc2ccc(C=NNC(=O)c3ccc(O)c(Cl)c3)c3ccccc23)cc1. The molecule has 0 aliphatic rings. The van der Waals surface area contributed by atoms with Crippen LogP contribution in [0.15, 0.2) is 84.0 Å². The van der Waals surface area contributed by atoms with E-state index in [9.17, 15) is 9.90 Å². The molecule has 0 unspecified atom stereocenters. The molecular weight excluding hydrogens is 460 g/mol. The van der Waals surface area contributed by atoms with Gasteiger partial charge in [0, 0.05) is 11.1 Å². The van der Waals surface area contributed by atoms with Crippen LogP contribution in [0, 0.1) is 0 Å². The summed E-state index contributed by atoms with van der Waals surface area (Å²) in [5.41, 5.74) is 7.23. The van der Waals surface area contributed by atoms with Crippen LogP contribution in [0.5, 0.6) is 5.75 Å². The van der Waals surface area contributed by atoms with Gasteiger partial charge in [-0.1, -0.05) is 86.1 Å². The lowest BCUT2D eigenvalue weighted by Crippen LogP contribution is -2.17. The lowest BCUT2D eigenvalue weighted by Gasteiger charge is -2.11. The van der Waals surface area contributed by atoms with Gasteiger partial charge in [0.1, 0.15) is 5.75 Å². The fraction of sp³-hybridized carbons (Fsp3) is 0.172. The average Bonchev–Trinajstić information content (AvgIpc) is 2.87. The van der Waals surface area contributed by atoms with Crippen LogP contribution in [0.25, 0.3) is 10.8 Å². The molecule has 5 nitrogen and oxygen atoms in total. The molecule has 0 aromatic heterocycles. The molecule has 1 amide bonds. The van der Waals surface area contributed by atoms with Gasteiger partial charge in [-0.2, -0.15) is 5.10 Å². The number of nitrogens with zero attached hydrogens (tertiary/aromatic N) is 1. The number of hydrogen-bond acceptors (Lipinski definition) is 4. The van der Waals surface area contributed by atoms with Crippen LogP contribution in [0.3, 0.4) is 0 Å². The van der Waals surface area contributed by atoms with Crippen LogP contribution in [-0.4, -0.2) is 17.2 Å². The molecule has 0 atom stereocenters. The van der Waals surface area contributed by atoms with Crippen molar-refractivity contribution in [2.45, 2.75) is 33.0 Å². The molecule has 0 saturated heterocycles. The minimum absolute atomic E-state index is 0.0775. The fourth-order valence-corrected chi connectivity index (χ4v) is 3.95. The molecule has 4 aromatic carbocycles. The van der Waals surface area contributed by atoms with Gasteiger partial charge in [-0.25, -0.2) is 5.43 Å². The number of carbonyl (C=O) groups excluding carboxylic acids is 1. The molecule has 4 rings (SSSR count). The van der Waals surface area contributed by atoms with Crippen LogP contribution < -0.4 is 5.43 Å². The van der Waals surface area contributed by atoms with E-state index in [0.717, 1.165) is 27.5 Å². The Kier molecular flexibility index (Phi) is 7.80. The number of fused-ring (bicyclic) bond motifs is 1. The predicted molar refractivity (Wildman–Crippen MR) is 141 cm³/mol. The number of carbonyl (C=O) groups is 1. The van der Waals surface area contributed by atoms with E-state index in [1.54, 1.807) is 6.21 Å². The molecule has 0 radical (unpaired) electrons. The van der Waals surface area contributed by atoms with Gasteiger partial charge in [0.15, 0.2) is 0 Å². The second-order valence-electron chi connectivity index (χ2n) is 8.61. The van der Waals surface area contributed by atoms with Gasteiger partial charge in [0.05, 0.1) is 24.5 Å². The number of rotatable bonds is 8. The van der Waals surface area contributed by atoms with Crippen molar-refractivity contribution in [2.75, 3.05) is 0 Å². The summed E-state index contributed by atoms with van der Waals surface area (Å²) in [5, 5.41) is 15.8. The molecule has 2 N–H and O–H groups in total. The Bertz CT molecular complexity index is 1360. The largest absolute Gasteiger partial charge is 0.506 e. The second kappa shape index (κ2) is 11.2. The minimum atomic E-state index is -0.418. The lowest BCUT2D eigenvalue weighted by molar-refractivity contribution is 0.0955. The zero-order chi connectivity index (χ0) is 24.8. The number of ether oxygens (including phenoxy) is 1. The van der Waals surface area contributed by atoms with Crippen LogP contribution in [-0.2, 0) is 18.0 Å². The lowest BCUT2D eigenvalue weighted by atomic mass is 10.0. The number of benzene rings is 4. The first kappa shape index (κ1) is 24.5. The van der Waals surface area contributed by atoms with Gasteiger partial charge in [-0.05, 0) is 51.6 Å². The summed E-state index contributed by atoms with van der Waals surface area (Å²) in [7, 11) is 0. The zero-order valence-corrected chi connectivity index (χ0v) is 20.4. The Morgan fingerprint density at radius 1 is 1.00 bits per heavy atom. The topological polar surface area (TPSA) is 70.9 Å². The number of hydrazone groups is 1. The number of halogens is 1. The molecule has 0 aliphatic heterocycles. The molecule has 178 valence electrons. The van der Waals surface area contributed by atoms with E-state index in [2.05, 4.69) is 54.7 Å². The molecular formula is C29H27ClN2O3. The first-order valence-corrected chi connectivity index (χ1v) is 11.8. The predicted octanol–water partition coefficient (Wildman–Crippen LogP) is 6.80. The number of aromatic hydroxyl groups is 1. The van der Waals surface area contributed by atoms with E-state index in [0.29, 0.717) is 24.7 Å². The Morgan fingerprint density at radius 3 is 2.46 bits per heavy atom. The molecule has 35 heavy (non-hydrogen) atoms. The summed E-state index contributed by atoms with van der Waals surface area (Å²) >= 11 is 5.88. The molecule has 4 aromatic rings. The summed E-state index contributed by atoms with van der Waals surface area (Å²) in [6.07, 6.45) is 1.61. The summed E-state index contributed by atoms with van der Waals surface area (Å²) in [6.45, 7) is 5.40. The average molecular weight is 487 g/mol. The van der Waals surface area contributed by atoms with Crippen LogP contribution in [0.4, 0.5) is 0 Å². The molecule has 0 bridgehead atoms. The molecule has 0 spiro atoms. The van der Waals surface area contributed by atoms with Crippen molar-refractivity contribution in [1.82, 2.24) is 5.43 Å². The van der Waals surface area contributed by atoms with Gasteiger partial charge in [0.2, 0.25) is 0 Å². The molecule has 0 heterocycles. The highest BCUT2D eigenvalue weighted by Gasteiger charge is 2.09. The third kappa shape index (κ3) is 6.07. The number of phenolic OH excluding ortho intramolecular Hbond substituents is 1. The van der Waals surface area contributed by atoms with E-state index in [1.165, 1.54) is 23.8 Å². The summed E-state index contributed by atoms with van der Waals surface area (Å²) in [5.74, 6) is 0.0169. The standard InChI is InChI=1S/C29H27ClN2O3/c1-19(2)21-9-7-20(8-10-21)17-35-18-24-12-11-23(25-5-3-4-6-26(24)25)16-31-32-29(34)22-13-14-28(33)27(30)15-22/h3-16,19,33H,17-18H2,1-2H3,(H,32,34). The summed E-state index contributed by atoms with van der Waals surface area (Å²) < 4.78 is 6.01. The highest BCUT2D eigenvalue weighted by molar-refractivity contribution is 6.32. The van der Waals surface area contributed by atoms with E-state index in [4.69, 9.17) is 16.3 Å². The van der Waals surface area contributed by atoms with Crippen LogP contribution in [0.1, 0.15) is 52.4 Å². The molecule has 0 aliphatic carbocycles. The molecule has 6 heteroatoms. The third-order valence-electron chi connectivity index (χ3n) is 5.80. The highest BCUT2D eigenvalue weighted by atomic mass is 35.5. The van der Waals surface area contributed by atoms with E-state index >= 15 is 0 Å². The van der Waals surface area contributed by atoms with Crippen molar-refractivity contribution in [3.8, 4) is 5.75 Å². The molecule has 0 saturated carbocycles. The maximum atomic E-state index is 12.3. The van der Waals surface area contributed by atoms with Crippen molar-refractivity contribution in [1.29, 1.82) is 0 Å². The normalized spacial score (nSPS) is 11.4. The summed E-state index contributed by atoms with van der Waals surface area (Å²) in [6, 6.07) is 24.8. The van der Waals surface area contributed by atoms with Crippen LogP contribution in [0.2, 0.25) is 5.02 Å². The number of nitrogens with one attached hydrogen (secondary N) is 1. The zero-order valence-electron chi connectivity index (χ0n) is 19.7. The second-order valence-corrected chi connectivity index (χ2v) is 9.02. The van der Waals surface area contributed by atoms with Gasteiger partial charge in [-0.15, -0.1) is 0 Å².